The number of nitrogens with two attached hydrogens (primary N) is 1. The SMILES string of the molecule is NNc1ccc(S(=O)(=O)NCc2ccc(F)cc2F)cc1. The van der Waals surface area contributed by atoms with Gasteiger partial charge in [-0.15, -0.1) is 0 Å². The van der Waals surface area contributed by atoms with Crippen LogP contribution in [0.2, 0.25) is 0 Å². The molecule has 0 saturated carbocycles. The molecule has 0 aromatic heterocycles. The van der Waals surface area contributed by atoms with Crippen LogP contribution in [0.25, 0.3) is 0 Å². The number of benzene rings is 2. The first kappa shape index (κ1) is 15.4. The highest BCUT2D eigenvalue weighted by Gasteiger charge is 2.14. The summed E-state index contributed by atoms with van der Waals surface area (Å²) in [5.41, 5.74) is 2.99. The number of halogens is 2. The lowest BCUT2D eigenvalue weighted by Crippen LogP contribution is -2.23. The first-order chi connectivity index (χ1) is 9.92. The highest BCUT2D eigenvalue weighted by Crippen LogP contribution is 2.14. The molecule has 112 valence electrons. The van der Waals surface area contributed by atoms with Gasteiger partial charge >= 0.3 is 0 Å². The minimum atomic E-state index is -3.79. The smallest absolute Gasteiger partial charge is 0.240 e. The van der Waals surface area contributed by atoms with Gasteiger partial charge in [-0.2, -0.15) is 0 Å². The van der Waals surface area contributed by atoms with Gasteiger partial charge in [0.05, 0.1) is 4.90 Å². The molecule has 0 fully saturated rings. The Morgan fingerprint density at radius 1 is 1.05 bits per heavy atom. The molecule has 0 spiro atoms. The van der Waals surface area contributed by atoms with E-state index in [1.54, 1.807) is 0 Å². The fourth-order valence-electron chi connectivity index (χ4n) is 1.65. The second-order valence-electron chi connectivity index (χ2n) is 4.23. The van der Waals surface area contributed by atoms with Crippen LogP contribution < -0.4 is 16.0 Å². The lowest BCUT2D eigenvalue weighted by molar-refractivity contribution is 0.562. The maximum Gasteiger partial charge on any atom is 0.240 e. The van der Waals surface area contributed by atoms with E-state index in [0.717, 1.165) is 6.07 Å². The van der Waals surface area contributed by atoms with E-state index in [4.69, 9.17) is 5.84 Å². The number of hydrazine groups is 1. The number of nitrogen functional groups attached to an aromatic ring is 1. The van der Waals surface area contributed by atoms with E-state index in [1.807, 2.05) is 0 Å². The fourth-order valence-corrected chi connectivity index (χ4v) is 2.66. The Morgan fingerprint density at radius 2 is 1.71 bits per heavy atom. The van der Waals surface area contributed by atoms with E-state index < -0.39 is 21.7 Å². The summed E-state index contributed by atoms with van der Waals surface area (Å²) in [6, 6.07) is 8.66. The van der Waals surface area contributed by atoms with E-state index >= 15 is 0 Å². The third-order valence-corrected chi connectivity index (χ3v) is 4.22. The molecule has 0 bridgehead atoms. The summed E-state index contributed by atoms with van der Waals surface area (Å²) in [4.78, 5) is 0.0176. The van der Waals surface area contributed by atoms with Crippen LogP contribution in [0.3, 0.4) is 0 Å². The third kappa shape index (κ3) is 3.75. The summed E-state index contributed by atoms with van der Waals surface area (Å²) in [7, 11) is -3.79. The number of sulfonamides is 1. The van der Waals surface area contributed by atoms with Gasteiger partial charge in [-0.3, -0.25) is 5.84 Å². The Balaban J connectivity index is 2.13. The van der Waals surface area contributed by atoms with Gasteiger partial charge in [0.15, 0.2) is 0 Å². The molecule has 0 saturated heterocycles. The van der Waals surface area contributed by atoms with Crippen molar-refractivity contribution < 1.29 is 17.2 Å². The highest BCUT2D eigenvalue weighted by molar-refractivity contribution is 7.89. The van der Waals surface area contributed by atoms with Crippen molar-refractivity contribution in [2.24, 2.45) is 5.84 Å². The van der Waals surface area contributed by atoms with Crippen LogP contribution in [0.4, 0.5) is 14.5 Å². The second-order valence-corrected chi connectivity index (χ2v) is 6.00. The van der Waals surface area contributed by atoms with E-state index in [1.165, 1.54) is 30.3 Å². The first-order valence-corrected chi connectivity index (χ1v) is 7.41. The molecular formula is C13H13F2N3O2S. The van der Waals surface area contributed by atoms with Crippen molar-refractivity contribution in [3.63, 3.8) is 0 Å². The zero-order valence-electron chi connectivity index (χ0n) is 10.8. The van der Waals surface area contributed by atoms with Crippen molar-refractivity contribution in [3.8, 4) is 0 Å². The zero-order chi connectivity index (χ0) is 15.5. The van der Waals surface area contributed by atoms with Crippen molar-refractivity contribution in [3.05, 3.63) is 59.7 Å². The van der Waals surface area contributed by atoms with Crippen molar-refractivity contribution in [2.45, 2.75) is 11.4 Å². The van der Waals surface area contributed by atoms with E-state index in [9.17, 15) is 17.2 Å². The van der Waals surface area contributed by atoms with Gasteiger partial charge in [0.2, 0.25) is 10.0 Å². The number of hydrogen-bond donors (Lipinski definition) is 3. The minimum absolute atomic E-state index is 0.0176. The second kappa shape index (κ2) is 6.17. The predicted octanol–water partition coefficient (Wildman–Crippen LogP) is 1.73. The normalized spacial score (nSPS) is 11.4. The number of hydrogen-bond acceptors (Lipinski definition) is 4. The number of nitrogens with one attached hydrogen (secondary N) is 2. The summed E-state index contributed by atoms with van der Waals surface area (Å²) in [5.74, 6) is 3.66. The van der Waals surface area contributed by atoms with Crippen molar-refractivity contribution in [2.75, 3.05) is 5.43 Å². The molecule has 2 aromatic rings. The minimum Gasteiger partial charge on any atom is -0.324 e. The fraction of sp³-hybridized carbons (Fsp3) is 0.0769. The molecule has 8 heteroatoms. The molecule has 0 atom stereocenters. The Hall–Kier alpha value is -2.03. The topological polar surface area (TPSA) is 84.2 Å². The Labute approximate surface area is 120 Å². The molecule has 0 aliphatic carbocycles. The molecule has 21 heavy (non-hydrogen) atoms. The third-order valence-electron chi connectivity index (χ3n) is 2.80. The van der Waals surface area contributed by atoms with Crippen LogP contribution in [0.1, 0.15) is 5.56 Å². The van der Waals surface area contributed by atoms with Crippen LogP contribution in [0, 0.1) is 11.6 Å². The predicted molar refractivity (Wildman–Crippen MR) is 74.6 cm³/mol. The van der Waals surface area contributed by atoms with Crippen LogP contribution in [0.15, 0.2) is 47.4 Å². The Kier molecular flexibility index (Phi) is 4.51. The van der Waals surface area contributed by atoms with Gasteiger partial charge in [-0.1, -0.05) is 6.07 Å². The molecule has 5 nitrogen and oxygen atoms in total. The Morgan fingerprint density at radius 3 is 2.29 bits per heavy atom. The summed E-state index contributed by atoms with van der Waals surface area (Å²) >= 11 is 0. The van der Waals surface area contributed by atoms with E-state index in [0.29, 0.717) is 11.8 Å². The van der Waals surface area contributed by atoms with E-state index in [2.05, 4.69) is 10.1 Å². The van der Waals surface area contributed by atoms with Gasteiger partial charge in [0, 0.05) is 23.9 Å². The van der Waals surface area contributed by atoms with Crippen molar-refractivity contribution in [1.29, 1.82) is 0 Å². The molecule has 0 amide bonds. The largest absolute Gasteiger partial charge is 0.324 e. The quantitative estimate of drug-likeness (QED) is 0.580. The van der Waals surface area contributed by atoms with Crippen molar-refractivity contribution in [1.82, 2.24) is 4.72 Å². The standard InChI is InChI=1S/C13H13F2N3O2S/c14-10-2-1-9(13(15)7-10)8-17-21(19,20)12-5-3-11(18-16)4-6-12/h1-7,17-18H,8,16H2. The first-order valence-electron chi connectivity index (χ1n) is 5.92. The maximum atomic E-state index is 13.4. The summed E-state index contributed by atoms with van der Waals surface area (Å²) in [5, 5.41) is 0. The molecule has 0 aliphatic rings. The molecule has 2 aromatic carbocycles. The summed E-state index contributed by atoms with van der Waals surface area (Å²) in [6.07, 6.45) is 0. The van der Waals surface area contributed by atoms with E-state index in [-0.39, 0.29) is 17.0 Å². The van der Waals surface area contributed by atoms with Gasteiger partial charge in [-0.05, 0) is 30.3 Å². The Bertz CT molecular complexity index is 734. The van der Waals surface area contributed by atoms with Crippen molar-refractivity contribution >= 4 is 15.7 Å². The van der Waals surface area contributed by atoms with Crippen LogP contribution in [-0.2, 0) is 16.6 Å². The molecule has 0 radical (unpaired) electrons. The lowest BCUT2D eigenvalue weighted by Gasteiger charge is -2.08. The molecule has 0 aliphatic heterocycles. The lowest BCUT2D eigenvalue weighted by atomic mass is 10.2. The van der Waals surface area contributed by atoms with Crippen LogP contribution in [0.5, 0.6) is 0 Å². The van der Waals surface area contributed by atoms with Crippen LogP contribution >= 0.6 is 0 Å². The summed E-state index contributed by atoms with van der Waals surface area (Å²) < 4.78 is 52.5. The average molecular weight is 313 g/mol. The molecular weight excluding hydrogens is 300 g/mol. The van der Waals surface area contributed by atoms with Gasteiger partial charge in [0.1, 0.15) is 11.6 Å². The molecule has 0 unspecified atom stereocenters. The van der Waals surface area contributed by atoms with Crippen LogP contribution in [-0.4, -0.2) is 8.42 Å². The summed E-state index contributed by atoms with van der Waals surface area (Å²) in [6.45, 7) is -0.272. The maximum absolute atomic E-state index is 13.4. The number of anilines is 1. The molecule has 4 N–H and O–H groups in total. The number of rotatable bonds is 5. The molecule has 0 heterocycles. The monoisotopic (exact) mass is 313 g/mol. The van der Waals surface area contributed by atoms with Gasteiger partial charge < -0.3 is 5.43 Å². The highest BCUT2D eigenvalue weighted by atomic mass is 32.2. The van der Waals surface area contributed by atoms with Gasteiger partial charge in [-0.25, -0.2) is 21.9 Å². The molecule has 2 rings (SSSR count). The van der Waals surface area contributed by atoms with Gasteiger partial charge in [0.25, 0.3) is 0 Å². The zero-order valence-corrected chi connectivity index (χ0v) is 11.6. The average Bonchev–Trinajstić information content (AvgIpc) is 2.46.